The quantitative estimate of drug-likeness (QED) is 0.853. The number of aliphatic carboxylic acids is 1. The second-order valence-corrected chi connectivity index (χ2v) is 5.44. The molecule has 0 amide bonds. The number of imidazole rings is 1. The predicted octanol–water partition coefficient (Wildman–Crippen LogP) is 2.48. The molecule has 1 fully saturated rings. The molecule has 0 spiro atoms. The van der Waals surface area contributed by atoms with Crippen molar-refractivity contribution in [2.45, 2.75) is 25.8 Å². The first-order valence-corrected chi connectivity index (χ1v) is 7.22. The van der Waals surface area contributed by atoms with Crippen molar-refractivity contribution in [2.75, 3.05) is 11.4 Å². The SMILES string of the molecule is CCN(c1nc2sccn2c1/C=C/C(=O)O)C1CC1. The molecule has 100 valence electrons. The van der Waals surface area contributed by atoms with Crippen LogP contribution in [0.2, 0.25) is 0 Å². The maximum absolute atomic E-state index is 10.7. The van der Waals surface area contributed by atoms with E-state index in [0.29, 0.717) is 6.04 Å². The van der Waals surface area contributed by atoms with E-state index in [9.17, 15) is 4.79 Å². The number of nitrogens with zero attached hydrogens (tertiary/aromatic N) is 3. The van der Waals surface area contributed by atoms with Crippen molar-refractivity contribution in [3.63, 3.8) is 0 Å². The van der Waals surface area contributed by atoms with Gasteiger partial charge in [-0.2, -0.15) is 0 Å². The zero-order chi connectivity index (χ0) is 13.4. The van der Waals surface area contributed by atoms with Gasteiger partial charge < -0.3 is 10.0 Å². The molecule has 0 atom stereocenters. The Morgan fingerprint density at radius 3 is 3.11 bits per heavy atom. The van der Waals surface area contributed by atoms with Crippen LogP contribution in [0.1, 0.15) is 25.5 Å². The number of carboxylic acid groups (broad SMARTS) is 1. The van der Waals surface area contributed by atoms with E-state index in [0.717, 1.165) is 23.0 Å². The molecule has 2 aromatic heterocycles. The molecule has 5 nitrogen and oxygen atoms in total. The summed E-state index contributed by atoms with van der Waals surface area (Å²) in [5.41, 5.74) is 0.854. The normalized spacial score (nSPS) is 15.4. The molecule has 3 rings (SSSR count). The van der Waals surface area contributed by atoms with E-state index in [1.807, 2.05) is 16.0 Å². The number of fused-ring (bicyclic) bond motifs is 1. The fourth-order valence-electron chi connectivity index (χ4n) is 2.28. The van der Waals surface area contributed by atoms with Gasteiger partial charge in [-0.3, -0.25) is 4.40 Å². The minimum Gasteiger partial charge on any atom is -0.478 e. The van der Waals surface area contributed by atoms with Crippen molar-refractivity contribution in [3.8, 4) is 0 Å². The molecule has 0 unspecified atom stereocenters. The van der Waals surface area contributed by atoms with Gasteiger partial charge in [-0.1, -0.05) is 0 Å². The molecule has 6 heteroatoms. The van der Waals surface area contributed by atoms with Crippen molar-refractivity contribution in [3.05, 3.63) is 23.3 Å². The maximum Gasteiger partial charge on any atom is 0.328 e. The number of carbonyl (C=O) groups is 1. The molecule has 0 aromatic carbocycles. The molecule has 0 aliphatic heterocycles. The standard InChI is InChI=1S/C13H15N3O2S/c1-2-15(9-3-4-9)12-10(5-6-11(17)18)16-7-8-19-13(16)14-12/h5-9H,2-4H2,1H3,(H,17,18)/b6-5+. The van der Waals surface area contributed by atoms with Crippen LogP contribution in [0.25, 0.3) is 11.0 Å². The average Bonchev–Trinajstić information content (AvgIpc) is 2.99. The monoisotopic (exact) mass is 277 g/mol. The Bertz CT molecular complexity index is 639. The first-order valence-electron chi connectivity index (χ1n) is 6.34. The number of hydrogen-bond acceptors (Lipinski definition) is 4. The number of carboxylic acids is 1. The van der Waals surface area contributed by atoms with Crippen LogP contribution in [0, 0.1) is 0 Å². The van der Waals surface area contributed by atoms with Crippen LogP contribution in [0.4, 0.5) is 5.82 Å². The van der Waals surface area contributed by atoms with E-state index in [2.05, 4.69) is 16.8 Å². The summed E-state index contributed by atoms with van der Waals surface area (Å²) in [5, 5.41) is 10.8. The van der Waals surface area contributed by atoms with E-state index >= 15 is 0 Å². The third kappa shape index (κ3) is 2.23. The maximum atomic E-state index is 10.7. The molecule has 1 N–H and O–H groups in total. The molecule has 0 saturated heterocycles. The summed E-state index contributed by atoms with van der Waals surface area (Å²) in [6, 6.07) is 0.562. The fraction of sp³-hybridized carbons (Fsp3) is 0.385. The molecular weight excluding hydrogens is 262 g/mol. The van der Waals surface area contributed by atoms with Crippen LogP contribution in [-0.2, 0) is 4.79 Å². The predicted molar refractivity (Wildman–Crippen MR) is 75.8 cm³/mol. The van der Waals surface area contributed by atoms with E-state index in [1.165, 1.54) is 18.9 Å². The molecule has 0 radical (unpaired) electrons. The van der Waals surface area contributed by atoms with Crippen molar-refractivity contribution in [2.24, 2.45) is 0 Å². The summed E-state index contributed by atoms with van der Waals surface area (Å²) < 4.78 is 1.95. The van der Waals surface area contributed by atoms with Crippen LogP contribution in [0.15, 0.2) is 17.7 Å². The third-order valence-electron chi connectivity index (χ3n) is 3.26. The zero-order valence-electron chi connectivity index (χ0n) is 10.6. The van der Waals surface area contributed by atoms with Crippen LogP contribution < -0.4 is 4.90 Å². The zero-order valence-corrected chi connectivity index (χ0v) is 11.4. The van der Waals surface area contributed by atoms with E-state index < -0.39 is 5.97 Å². The van der Waals surface area contributed by atoms with Crippen LogP contribution >= 0.6 is 11.3 Å². The summed E-state index contributed by atoms with van der Waals surface area (Å²) in [7, 11) is 0. The van der Waals surface area contributed by atoms with Crippen molar-refractivity contribution in [1.82, 2.24) is 9.38 Å². The molecule has 1 saturated carbocycles. The van der Waals surface area contributed by atoms with Crippen LogP contribution in [-0.4, -0.2) is 33.0 Å². The number of anilines is 1. The minimum absolute atomic E-state index is 0.562. The number of aromatic nitrogens is 2. The fourth-order valence-corrected chi connectivity index (χ4v) is 2.99. The van der Waals surface area contributed by atoms with Crippen LogP contribution in [0.3, 0.4) is 0 Å². The minimum atomic E-state index is -0.939. The third-order valence-corrected chi connectivity index (χ3v) is 4.02. The van der Waals surface area contributed by atoms with Crippen LogP contribution in [0.5, 0.6) is 0 Å². The van der Waals surface area contributed by atoms with Gasteiger partial charge in [-0.15, -0.1) is 11.3 Å². The number of thiazole rings is 1. The molecule has 2 heterocycles. The van der Waals surface area contributed by atoms with Gasteiger partial charge in [0.25, 0.3) is 0 Å². The summed E-state index contributed by atoms with van der Waals surface area (Å²) in [4.78, 5) is 18.6. The van der Waals surface area contributed by atoms with E-state index in [4.69, 9.17) is 5.11 Å². The van der Waals surface area contributed by atoms with Gasteiger partial charge in [-0.05, 0) is 25.8 Å². The van der Waals surface area contributed by atoms with E-state index in [-0.39, 0.29) is 0 Å². The lowest BCUT2D eigenvalue weighted by molar-refractivity contribution is -0.131. The Morgan fingerprint density at radius 1 is 1.68 bits per heavy atom. The lowest BCUT2D eigenvalue weighted by Crippen LogP contribution is -2.26. The number of rotatable bonds is 5. The van der Waals surface area contributed by atoms with Crippen molar-refractivity contribution in [1.29, 1.82) is 0 Å². The molecular formula is C13H15N3O2S. The molecule has 19 heavy (non-hydrogen) atoms. The van der Waals surface area contributed by atoms with Crippen molar-refractivity contribution >= 4 is 34.2 Å². The van der Waals surface area contributed by atoms with Gasteiger partial charge in [0.15, 0.2) is 10.8 Å². The molecule has 1 aliphatic carbocycles. The van der Waals surface area contributed by atoms with Gasteiger partial charge in [0.05, 0.1) is 5.69 Å². The molecule has 0 bridgehead atoms. The Hall–Kier alpha value is -1.82. The smallest absolute Gasteiger partial charge is 0.328 e. The Kier molecular flexibility index (Phi) is 3.02. The highest BCUT2D eigenvalue weighted by molar-refractivity contribution is 7.15. The van der Waals surface area contributed by atoms with Gasteiger partial charge in [0, 0.05) is 30.2 Å². The lowest BCUT2D eigenvalue weighted by atomic mass is 10.3. The highest BCUT2D eigenvalue weighted by Gasteiger charge is 2.31. The highest BCUT2D eigenvalue weighted by Crippen LogP contribution is 2.34. The summed E-state index contributed by atoms with van der Waals surface area (Å²) in [6.45, 7) is 3.00. The average molecular weight is 277 g/mol. The second-order valence-electron chi connectivity index (χ2n) is 4.56. The summed E-state index contributed by atoms with van der Waals surface area (Å²) in [5.74, 6) is -0.0417. The Labute approximate surface area is 114 Å². The number of hydrogen-bond donors (Lipinski definition) is 1. The Balaban J connectivity index is 2.08. The van der Waals surface area contributed by atoms with Crippen molar-refractivity contribution < 1.29 is 9.90 Å². The van der Waals surface area contributed by atoms with Gasteiger partial charge in [-0.25, -0.2) is 9.78 Å². The van der Waals surface area contributed by atoms with Gasteiger partial charge in [0.2, 0.25) is 0 Å². The second kappa shape index (κ2) is 4.70. The summed E-state index contributed by atoms with van der Waals surface area (Å²) in [6.07, 6.45) is 7.13. The first-order chi connectivity index (χ1) is 9.20. The Morgan fingerprint density at radius 2 is 2.47 bits per heavy atom. The first kappa shape index (κ1) is 12.2. The van der Waals surface area contributed by atoms with E-state index in [1.54, 1.807) is 17.4 Å². The van der Waals surface area contributed by atoms with Gasteiger partial charge in [0.1, 0.15) is 0 Å². The summed E-state index contributed by atoms with van der Waals surface area (Å²) >= 11 is 1.56. The molecule has 1 aliphatic rings. The topological polar surface area (TPSA) is 57.8 Å². The highest BCUT2D eigenvalue weighted by atomic mass is 32.1. The molecule has 2 aromatic rings. The lowest BCUT2D eigenvalue weighted by Gasteiger charge is -2.20. The largest absolute Gasteiger partial charge is 0.478 e. The van der Waals surface area contributed by atoms with Gasteiger partial charge >= 0.3 is 5.97 Å².